The van der Waals surface area contributed by atoms with E-state index in [4.69, 9.17) is 11.1 Å². The van der Waals surface area contributed by atoms with Crippen molar-refractivity contribution in [1.82, 2.24) is 5.17 Å². The predicted molar refractivity (Wildman–Crippen MR) is 73.9 cm³/mol. The summed E-state index contributed by atoms with van der Waals surface area (Å²) in [5.41, 5.74) is 5.39. The number of nitrogens with two attached hydrogens (primary N) is 1. The highest BCUT2D eigenvalue weighted by Gasteiger charge is 2.11. The van der Waals surface area contributed by atoms with Crippen molar-refractivity contribution in [3.8, 4) is 0 Å². The highest BCUT2D eigenvalue weighted by atomic mass is 79.9. The quantitative estimate of drug-likeness (QED) is 0.368. The highest BCUT2D eigenvalue weighted by Crippen LogP contribution is 2.21. The number of rotatable bonds is 3. The molecule has 0 aliphatic rings. The molecule has 0 aliphatic heterocycles. The molecule has 0 heterocycles. The molecule has 0 amide bonds. The highest BCUT2D eigenvalue weighted by molar-refractivity contribution is 9.10. The summed E-state index contributed by atoms with van der Waals surface area (Å²) in [4.78, 5) is 25.5. The van der Waals surface area contributed by atoms with E-state index in [1.54, 1.807) is 0 Å². The zero-order valence-corrected chi connectivity index (χ0v) is 11.8. The Bertz CT molecular complexity index is 589. The van der Waals surface area contributed by atoms with Gasteiger partial charge in [0.15, 0.2) is 0 Å². The van der Waals surface area contributed by atoms with Crippen molar-refractivity contribution >= 4 is 39.8 Å². The van der Waals surface area contributed by atoms with Crippen molar-refractivity contribution < 1.29 is 14.6 Å². The molecular formula is C10H10BrN5O4. The van der Waals surface area contributed by atoms with Gasteiger partial charge in [-0.3, -0.25) is 15.5 Å². The zero-order valence-electron chi connectivity index (χ0n) is 10.2. The van der Waals surface area contributed by atoms with Crippen LogP contribution >= 0.6 is 15.9 Å². The minimum absolute atomic E-state index is 0.128. The van der Waals surface area contributed by atoms with E-state index in [1.807, 2.05) is 0 Å². The first-order valence-electron chi connectivity index (χ1n) is 5.12. The van der Waals surface area contributed by atoms with Crippen molar-refractivity contribution in [1.29, 1.82) is 5.41 Å². The number of hydrazone groups is 1. The van der Waals surface area contributed by atoms with Crippen LogP contribution in [0.1, 0.15) is 12.5 Å². The number of non-ortho nitro benzene ring substituents is 1. The number of guanidine groups is 1. The van der Waals surface area contributed by atoms with Crippen LogP contribution in [0.5, 0.6) is 0 Å². The van der Waals surface area contributed by atoms with Gasteiger partial charge in [-0.05, 0) is 6.07 Å². The number of carbonyl (C=O) groups is 1. The Kier molecular flexibility index (Phi) is 5.15. The van der Waals surface area contributed by atoms with Gasteiger partial charge in [0.05, 0.1) is 11.1 Å². The first-order chi connectivity index (χ1) is 9.31. The molecule has 0 radical (unpaired) electrons. The van der Waals surface area contributed by atoms with Crippen molar-refractivity contribution in [2.24, 2.45) is 10.8 Å². The molecule has 1 rings (SSSR count). The Morgan fingerprint density at radius 3 is 2.80 bits per heavy atom. The number of hydrogen-bond donors (Lipinski definition) is 2. The molecule has 1 aromatic rings. The van der Waals surface area contributed by atoms with Crippen LogP contribution in [0, 0.1) is 15.5 Å². The summed E-state index contributed by atoms with van der Waals surface area (Å²) in [6, 6.07) is 4.05. The number of carbonyl (C=O) groups excluding carboxylic acids is 1. The standard InChI is InChI=1S/C10H10BrN5O4/c1-6(17)20-15(10(12)13)14-5-7-4-8(16(18)19)2-3-9(7)11/h2-5H,1H3,(H3,12,13)/b14-5+. The molecule has 0 bridgehead atoms. The first-order valence-corrected chi connectivity index (χ1v) is 5.91. The monoisotopic (exact) mass is 343 g/mol. The summed E-state index contributed by atoms with van der Waals surface area (Å²) in [5, 5.41) is 22.0. The number of hydroxylamine groups is 1. The fourth-order valence-corrected chi connectivity index (χ4v) is 1.46. The van der Waals surface area contributed by atoms with Gasteiger partial charge in [-0.1, -0.05) is 21.1 Å². The van der Waals surface area contributed by atoms with Gasteiger partial charge >= 0.3 is 5.97 Å². The number of nitrogens with one attached hydrogen (secondary N) is 1. The minimum atomic E-state index is -0.713. The first kappa shape index (κ1) is 15.6. The van der Waals surface area contributed by atoms with E-state index in [0.29, 0.717) is 15.2 Å². The van der Waals surface area contributed by atoms with Crippen LogP contribution in [0.25, 0.3) is 0 Å². The molecule has 10 heteroatoms. The van der Waals surface area contributed by atoms with Crippen LogP contribution in [0.3, 0.4) is 0 Å². The number of halogens is 1. The minimum Gasteiger partial charge on any atom is -0.366 e. The van der Waals surface area contributed by atoms with E-state index in [-0.39, 0.29) is 5.69 Å². The molecule has 0 fully saturated rings. The number of hydrogen-bond acceptors (Lipinski definition) is 6. The van der Waals surface area contributed by atoms with E-state index >= 15 is 0 Å². The average Bonchev–Trinajstić information content (AvgIpc) is 2.35. The summed E-state index contributed by atoms with van der Waals surface area (Å²) < 4.78 is 0.540. The second-order valence-corrected chi connectivity index (χ2v) is 4.30. The van der Waals surface area contributed by atoms with Gasteiger partial charge in [0.25, 0.3) is 5.69 Å². The summed E-state index contributed by atoms with van der Waals surface area (Å²) in [6.07, 6.45) is 1.17. The largest absolute Gasteiger partial charge is 0.366 e. The maximum absolute atomic E-state index is 10.8. The molecule has 0 unspecified atom stereocenters. The van der Waals surface area contributed by atoms with Gasteiger partial charge in [-0.2, -0.15) is 0 Å². The van der Waals surface area contributed by atoms with Gasteiger partial charge in [0.1, 0.15) is 0 Å². The van der Waals surface area contributed by atoms with Crippen molar-refractivity contribution in [2.45, 2.75) is 6.92 Å². The maximum atomic E-state index is 10.8. The van der Waals surface area contributed by atoms with Crippen molar-refractivity contribution in [3.05, 3.63) is 38.3 Å². The van der Waals surface area contributed by atoms with Crippen LogP contribution in [0.2, 0.25) is 0 Å². The fourth-order valence-electron chi connectivity index (χ4n) is 1.11. The third kappa shape index (κ3) is 4.31. The van der Waals surface area contributed by atoms with E-state index in [2.05, 4.69) is 25.9 Å². The van der Waals surface area contributed by atoms with Crippen LogP contribution in [-0.4, -0.2) is 28.2 Å². The third-order valence-electron chi connectivity index (χ3n) is 1.91. The second kappa shape index (κ2) is 6.61. The molecule has 0 saturated carbocycles. The summed E-state index contributed by atoms with van der Waals surface area (Å²) in [6.45, 7) is 1.12. The van der Waals surface area contributed by atoms with Gasteiger partial charge in [0.2, 0.25) is 5.96 Å². The van der Waals surface area contributed by atoms with Gasteiger partial charge < -0.3 is 10.6 Å². The van der Waals surface area contributed by atoms with Gasteiger partial charge in [-0.15, -0.1) is 5.10 Å². The molecule has 9 nitrogen and oxygen atoms in total. The zero-order chi connectivity index (χ0) is 15.3. The lowest BCUT2D eigenvalue weighted by atomic mass is 10.2. The number of nitro groups is 1. The normalized spacial score (nSPS) is 10.3. The molecule has 0 aliphatic carbocycles. The molecular weight excluding hydrogens is 334 g/mol. The third-order valence-corrected chi connectivity index (χ3v) is 2.64. The van der Waals surface area contributed by atoms with Crippen LogP contribution in [0.15, 0.2) is 27.8 Å². The molecule has 3 N–H and O–H groups in total. The molecule has 1 aromatic carbocycles. The lowest BCUT2D eigenvalue weighted by Crippen LogP contribution is -2.33. The molecule has 0 aromatic heterocycles. The van der Waals surface area contributed by atoms with E-state index in [9.17, 15) is 14.9 Å². The van der Waals surface area contributed by atoms with Crippen molar-refractivity contribution in [3.63, 3.8) is 0 Å². The Morgan fingerprint density at radius 1 is 1.65 bits per heavy atom. The predicted octanol–water partition coefficient (Wildman–Crippen LogP) is 1.36. The maximum Gasteiger partial charge on any atom is 0.332 e. The van der Waals surface area contributed by atoms with E-state index in [0.717, 1.165) is 6.92 Å². The Labute approximate surface area is 121 Å². The van der Waals surface area contributed by atoms with Gasteiger partial charge in [0, 0.05) is 29.1 Å². The molecule has 106 valence electrons. The van der Waals surface area contributed by atoms with Crippen molar-refractivity contribution in [2.75, 3.05) is 0 Å². The molecule has 0 atom stereocenters. The van der Waals surface area contributed by atoms with Gasteiger partial charge in [-0.25, -0.2) is 4.79 Å². The SMILES string of the molecule is CC(=O)ON(/N=C/c1cc([N+](=O)[O-])ccc1Br)C(=N)N. The van der Waals surface area contributed by atoms with Crippen LogP contribution in [0.4, 0.5) is 5.69 Å². The topological polar surface area (TPSA) is 135 Å². The summed E-state index contributed by atoms with van der Waals surface area (Å²) in [5.74, 6) is -1.33. The van der Waals surface area contributed by atoms with E-state index in [1.165, 1.54) is 24.4 Å². The Morgan fingerprint density at radius 2 is 2.30 bits per heavy atom. The lowest BCUT2D eigenvalue weighted by molar-refractivity contribution is -0.384. The molecule has 0 spiro atoms. The molecule has 0 saturated heterocycles. The van der Waals surface area contributed by atoms with Crippen LogP contribution in [-0.2, 0) is 9.63 Å². The number of benzene rings is 1. The molecule has 20 heavy (non-hydrogen) atoms. The lowest BCUT2D eigenvalue weighted by Gasteiger charge is -2.13. The number of nitrogens with zero attached hydrogens (tertiary/aromatic N) is 3. The smallest absolute Gasteiger partial charge is 0.332 e. The Hall–Kier alpha value is -2.49. The van der Waals surface area contributed by atoms with E-state index < -0.39 is 16.9 Å². The summed E-state index contributed by atoms with van der Waals surface area (Å²) >= 11 is 3.19. The summed E-state index contributed by atoms with van der Waals surface area (Å²) in [7, 11) is 0. The number of nitro benzene ring substituents is 1. The fraction of sp³-hybridized carbons (Fsp3) is 0.100. The second-order valence-electron chi connectivity index (χ2n) is 3.45. The van der Waals surface area contributed by atoms with Crippen LogP contribution < -0.4 is 5.73 Å². The average molecular weight is 344 g/mol. The Balaban J connectivity index is 3.03.